The van der Waals surface area contributed by atoms with Gasteiger partial charge in [0.15, 0.2) is 5.78 Å². The maximum Gasteiger partial charge on any atom is 0.255 e. The molecule has 0 bridgehead atoms. The second kappa shape index (κ2) is 16.0. The predicted molar refractivity (Wildman–Crippen MR) is 242 cm³/mol. The summed E-state index contributed by atoms with van der Waals surface area (Å²) in [7, 11) is 0. The first kappa shape index (κ1) is 39.6. The number of benzene rings is 6. The molecule has 6 aromatic carbocycles. The van der Waals surface area contributed by atoms with E-state index >= 15 is 0 Å². The number of para-hydroxylation sites is 2. The van der Waals surface area contributed by atoms with E-state index in [2.05, 4.69) is 31.2 Å². The molecule has 8 aromatic rings. The summed E-state index contributed by atoms with van der Waals surface area (Å²) in [6.07, 6.45) is 0. The molecule has 0 saturated heterocycles. The van der Waals surface area contributed by atoms with Crippen molar-refractivity contribution in [1.82, 2.24) is 20.6 Å². The van der Waals surface area contributed by atoms with Crippen molar-refractivity contribution in [1.29, 1.82) is 0 Å². The van der Waals surface area contributed by atoms with Crippen LogP contribution in [0.4, 0.5) is 11.4 Å². The van der Waals surface area contributed by atoms with E-state index in [9.17, 15) is 24.6 Å². The zero-order valence-electron chi connectivity index (χ0n) is 32.9. The summed E-state index contributed by atoms with van der Waals surface area (Å²) in [5, 5.41) is 34.9. The molecule has 0 aliphatic carbocycles. The van der Waals surface area contributed by atoms with Crippen molar-refractivity contribution in [2.45, 2.75) is 38.4 Å². The molecule has 10 rings (SSSR count). The molecule has 2 atom stereocenters. The van der Waals surface area contributed by atoms with Crippen LogP contribution in [0.15, 0.2) is 121 Å². The molecule has 11 nitrogen and oxygen atoms in total. The Morgan fingerprint density at radius 2 is 1.00 bits per heavy atom. The van der Waals surface area contributed by atoms with Crippen molar-refractivity contribution < 1.29 is 24.6 Å². The average molecular weight is 862 g/mol. The molecule has 0 saturated carbocycles. The molecule has 8 N–H and O–H groups in total. The Labute approximate surface area is 365 Å². The molecule has 2 amide bonds. The first-order valence-corrected chi connectivity index (χ1v) is 20.8. The van der Waals surface area contributed by atoms with Crippen LogP contribution < -0.4 is 21.3 Å². The third-order valence-corrected chi connectivity index (χ3v) is 12.6. The maximum absolute atomic E-state index is 15.0. The number of fused-ring (bicyclic) bond motifs is 4. The van der Waals surface area contributed by atoms with Gasteiger partial charge in [-0.3, -0.25) is 25.0 Å². The van der Waals surface area contributed by atoms with Gasteiger partial charge in [-0.25, -0.2) is 0 Å². The zero-order chi connectivity index (χ0) is 42.6. The molecule has 2 aliphatic heterocycles. The summed E-state index contributed by atoms with van der Waals surface area (Å²) in [5.74, 6) is -0.697. The number of aromatic nitrogens is 2. The fourth-order valence-electron chi connectivity index (χ4n) is 8.82. The Bertz CT molecular complexity index is 2930. The molecule has 4 heterocycles. The van der Waals surface area contributed by atoms with E-state index in [-0.39, 0.29) is 30.8 Å². The Morgan fingerprint density at radius 3 is 1.44 bits per heavy atom. The summed E-state index contributed by atoms with van der Waals surface area (Å²) >= 11 is 13.6. The van der Waals surface area contributed by atoms with Gasteiger partial charge in [-0.1, -0.05) is 71.7 Å². The minimum absolute atomic E-state index is 0.0917. The first-order valence-electron chi connectivity index (χ1n) is 20.1. The van der Waals surface area contributed by atoms with Crippen LogP contribution in [0, 0.1) is 0 Å². The number of carbonyl (C=O) groups excluding carboxylic acids is 3. The molecule has 62 heavy (non-hydrogen) atoms. The number of carbonyl (C=O) groups is 3. The Balaban J connectivity index is 0.956. The number of H-pyrrole nitrogens is 2. The highest BCUT2D eigenvalue weighted by molar-refractivity contribution is 6.32. The highest BCUT2D eigenvalue weighted by atomic mass is 35.5. The van der Waals surface area contributed by atoms with Gasteiger partial charge in [0.2, 0.25) is 0 Å². The van der Waals surface area contributed by atoms with Gasteiger partial charge >= 0.3 is 0 Å². The number of rotatable bonds is 10. The van der Waals surface area contributed by atoms with Crippen molar-refractivity contribution in [3.05, 3.63) is 176 Å². The topological polar surface area (TPSA) is 171 Å². The summed E-state index contributed by atoms with van der Waals surface area (Å²) in [4.78, 5) is 48.6. The lowest BCUT2D eigenvalue weighted by molar-refractivity contribution is -0.123. The lowest BCUT2D eigenvalue weighted by Crippen LogP contribution is -2.32. The third-order valence-electron chi connectivity index (χ3n) is 11.9. The summed E-state index contributed by atoms with van der Waals surface area (Å²) in [6.45, 7) is 0.390. The second-order valence-corrected chi connectivity index (χ2v) is 16.3. The van der Waals surface area contributed by atoms with Gasteiger partial charge in [-0.2, -0.15) is 0 Å². The highest BCUT2D eigenvalue weighted by Gasteiger charge is 2.41. The van der Waals surface area contributed by atoms with Gasteiger partial charge in [0.05, 0.1) is 25.3 Å². The zero-order valence-corrected chi connectivity index (χ0v) is 34.4. The van der Waals surface area contributed by atoms with Crippen LogP contribution >= 0.6 is 23.2 Å². The number of aliphatic hydroxyl groups excluding tert-OH is 2. The quantitative estimate of drug-likeness (QED) is 0.0677. The van der Waals surface area contributed by atoms with Gasteiger partial charge in [-0.15, -0.1) is 0 Å². The number of hydrogen-bond donors (Lipinski definition) is 8. The number of nitrogens with one attached hydrogen (secondary N) is 6. The molecule has 0 spiro atoms. The Kier molecular flexibility index (Phi) is 10.2. The minimum Gasteiger partial charge on any atom is -0.392 e. The molecule has 308 valence electrons. The number of hydrogen-bond acceptors (Lipinski definition) is 7. The van der Waals surface area contributed by atoms with Gasteiger partial charge in [0.1, 0.15) is 0 Å². The minimum atomic E-state index is -0.715. The van der Waals surface area contributed by atoms with Gasteiger partial charge in [-0.05, 0) is 95.1 Å². The molecule has 2 aliphatic rings. The molecule has 0 fully saturated rings. The van der Waals surface area contributed by atoms with Crippen LogP contribution in [0.3, 0.4) is 0 Å². The van der Waals surface area contributed by atoms with E-state index in [1.54, 1.807) is 60.7 Å². The molecule has 13 heteroatoms. The molecular weight excluding hydrogens is 823 g/mol. The number of aliphatic hydroxyl groups is 2. The third kappa shape index (κ3) is 6.94. The largest absolute Gasteiger partial charge is 0.392 e. The van der Waals surface area contributed by atoms with Crippen molar-refractivity contribution in [3.8, 4) is 22.5 Å². The molecule has 2 unspecified atom stereocenters. The van der Waals surface area contributed by atoms with Gasteiger partial charge in [0, 0.05) is 101 Å². The number of amides is 2. The number of ketones is 1. The summed E-state index contributed by atoms with van der Waals surface area (Å²) in [6, 6.07) is 35.1. The number of Topliss-reactive ketones (excluding diaryl/α,β-unsaturated/α-hetero) is 1. The lowest BCUT2D eigenvalue weighted by Gasteiger charge is -2.21. The summed E-state index contributed by atoms with van der Waals surface area (Å²) in [5.41, 5.74) is 11.3. The van der Waals surface area contributed by atoms with E-state index in [4.69, 9.17) is 23.2 Å². The summed E-state index contributed by atoms with van der Waals surface area (Å²) < 4.78 is 0. The fraction of sp³-hybridized carbons (Fsp3) is 0.122. The lowest BCUT2D eigenvalue weighted by atomic mass is 9.87. The number of aromatic amines is 2. The second-order valence-electron chi connectivity index (χ2n) is 15.5. The number of anilines is 2. The highest BCUT2D eigenvalue weighted by Crippen LogP contribution is 2.45. The Hall–Kier alpha value is -6.57. The van der Waals surface area contributed by atoms with Crippen molar-refractivity contribution in [3.63, 3.8) is 0 Å². The van der Waals surface area contributed by atoms with E-state index in [1.165, 1.54) is 0 Å². The van der Waals surface area contributed by atoms with Gasteiger partial charge in [0.25, 0.3) is 11.8 Å². The smallest absolute Gasteiger partial charge is 0.255 e. The van der Waals surface area contributed by atoms with Crippen molar-refractivity contribution in [2.24, 2.45) is 0 Å². The first-order chi connectivity index (χ1) is 30.2. The van der Waals surface area contributed by atoms with Gasteiger partial charge < -0.3 is 30.8 Å². The molecule has 2 aromatic heterocycles. The van der Waals surface area contributed by atoms with Crippen LogP contribution in [-0.2, 0) is 31.1 Å². The Morgan fingerprint density at radius 1 is 0.565 bits per heavy atom. The average Bonchev–Trinajstić information content (AvgIpc) is 4.12. The predicted octanol–water partition coefficient (Wildman–Crippen LogP) is 9.34. The van der Waals surface area contributed by atoms with Crippen LogP contribution in [0.5, 0.6) is 0 Å². The van der Waals surface area contributed by atoms with Crippen molar-refractivity contribution >= 4 is 74.0 Å². The fourth-order valence-corrected chi connectivity index (χ4v) is 9.28. The maximum atomic E-state index is 15.0. The van der Waals surface area contributed by atoms with E-state index in [1.807, 2.05) is 60.7 Å². The van der Waals surface area contributed by atoms with E-state index in [0.717, 1.165) is 66.6 Å². The normalized spacial score (nSPS) is 15.5. The SMILES string of the molecule is O=C(Nc1ccccc1CO)c1ccc2[nH]c(-c3ccc(Cl)c4c3C(C(=O)C3NCc5c(Cl)ccc(-c6cc7cc(C(=O)Nc8ccccc8CO)ccc7[nH]6)c53)NC4)cc2c1. The van der Waals surface area contributed by atoms with Crippen molar-refractivity contribution in [2.75, 3.05) is 10.6 Å². The van der Waals surface area contributed by atoms with Crippen LogP contribution in [-0.4, -0.2) is 37.8 Å². The molecule has 0 radical (unpaired) electrons. The monoisotopic (exact) mass is 860 g/mol. The number of halogens is 2. The van der Waals surface area contributed by atoms with E-state index < -0.39 is 12.1 Å². The van der Waals surface area contributed by atoms with Crippen LogP contribution in [0.25, 0.3) is 44.3 Å². The van der Waals surface area contributed by atoms with Crippen LogP contribution in [0.2, 0.25) is 10.0 Å². The molecular formula is C49H38Cl2N6O5. The standard InChI is InChI=1S/C49H38Cl2N6O5/c50-35-13-11-31(41-19-29-17-25(9-15-39(29)54-41)48(61)56-37-7-3-1-5-27(37)23-58)43-33(35)21-52-45(43)47(60)46-44-32(12-14-36(51)34(44)22-53-46)42-20-30-18-26(10-16-40(30)55-42)49(62)57-38-8-4-2-6-28(38)24-59/h1-20,45-46,52-55,58-59H,21-24H2,(H,56,61)(H,57,62). The van der Waals surface area contributed by atoms with E-state index in [0.29, 0.717) is 56.8 Å². The van der Waals surface area contributed by atoms with Crippen LogP contribution in [0.1, 0.15) is 66.2 Å².